The second kappa shape index (κ2) is 8.21. The molecule has 3 heteroatoms. The van der Waals surface area contributed by atoms with Crippen LogP contribution in [0.25, 0.3) is 0 Å². The van der Waals surface area contributed by atoms with Gasteiger partial charge in [-0.25, -0.2) is 0 Å². The van der Waals surface area contributed by atoms with Gasteiger partial charge in [0.2, 0.25) is 0 Å². The lowest BCUT2D eigenvalue weighted by Crippen LogP contribution is -2.40. The van der Waals surface area contributed by atoms with Crippen molar-refractivity contribution in [3.05, 3.63) is 0 Å². The minimum Gasteiger partial charge on any atom is -0.385 e. The zero-order valence-electron chi connectivity index (χ0n) is 10.1. The number of hydrogen-bond donors (Lipinski definition) is 1. The fraction of sp³-hybridized carbons (Fsp3) is 1.00. The Hall–Kier alpha value is -0.120. The second-order valence-corrected chi connectivity index (χ2v) is 4.12. The number of ether oxygens (including phenoxy) is 2. The van der Waals surface area contributed by atoms with E-state index in [9.17, 15) is 0 Å². The zero-order chi connectivity index (χ0) is 10.9. The Morgan fingerprint density at radius 2 is 1.86 bits per heavy atom. The molecule has 0 unspecified atom stereocenters. The highest BCUT2D eigenvalue weighted by atomic mass is 16.5. The molecule has 0 heterocycles. The van der Waals surface area contributed by atoms with Gasteiger partial charge in [0.1, 0.15) is 0 Å². The smallest absolute Gasteiger partial charge is 0.0591 e. The molecule has 14 heavy (non-hydrogen) atoms. The highest BCUT2D eigenvalue weighted by molar-refractivity contribution is 4.74. The summed E-state index contributed by atoms with van der Waals surface area (Å²) in [7, 11) is 1.71. The Bertz CT molecular complexity index is 126. The first-order chi connectivity index (χ1) is 6.62. The van der Waals surface area contributed by atoms with Crippen molar-refractivity contribution < 1.29 is 9.47 Å². The normalized spacial score (nSPS) is 12.0. The van der Waals surface area contributed by atoms with Crippen molar-refractivity contribution >= 4 is 0 Å². The van der Waals surface area contributed by atoms with E-state index in [1.54, 1.807) is 7.11 Å². The lowest BCUT2D eigenvalue weighted by atomic mass is 10.0. The van der Waals surface area contributed by atoms with Crippen molar-refractivity contribution in [2.75, 3.05) is 33.5 Å². The van der Waals surface area contributed by atoms with Gasteiger partial charge in [0.05, 0.1) is 6.61 Å². The molecule has 86 valence electrons. The molecule has 3 nitrogen and oxygen atoms in total. The topological polar surface area (TPSA) is 30.5 Å². The molecule has 0 aliphatic heterocycles. The van der Waals surface area contributed by atoms with Crippen molar-refractivity contribution in [2.24, 2.45) is 0 Å². The van der Waals surface area contributed by atoms with Crippen LogP contribution in [0.3, 0.4) is 0 Å². The van der Waals surface area contributed by atoms with Crippen LogP contribution in [0.1, 0.15) is 33.6 Å². The van der Waals surface area contributed by atoms with Crippen LogP contribution < -0.4 is 5.32 Å². The van der Waals surface area contributed by atoms with Crippen LogP contribution in [-0.2, 0) is 9.47 Å². The summed E-state index contributed by atoms with van der Waals surface area (Å²) in [6.45, 7) is 9.89. The minimum absolute atomic E-state index is 0.232. The summed E-state index contributed by atoms with van der Waals surface area (Å²) in [6, 6.07) is 0. The van der Waals surface area contributed by atoms with Crippen LogP contribution in [0.4, 0.5) is 0 Å². The molecule has 0 aliphatic carbocycles. The summed E-state index contributed by atoms with van der Waals surface area (Å²) in [6.07, 6.45) is 2.12. The van der Waals surface area contributed by atoms with E-state index in [4.69, 9.17) is 9.47 Å². The molecule has 0 aromatic heterocycles. The van der Waals surface area contributed by atoms with Crippen molar-refractivity contribution in [3.8, 4) is 0 Å². The molecule has 0 aromatic rings. The number of hydrogen-bond acceptors (Lipinski definition) is 3. The molecule has 1 N–H and O–H groups in total. The van der Waals surface area contributed by atoms with E-state index in [1.807, 2.05) is 0 Å². The van der Waals surface area contributed by atoms with Gasteiger partial charge in [0, 0.05) is 32.4 Å². The molecule has 0 atom stereocenters. The molecule has 0 amide bonds. The van der Waals surface area contributed by atoms with Crippen LogP contribution in [-0.4, -0.2) is 39.0 Å². The Kier molecular flexibility index (Phi) is 8.14. The van der Waals surface area contributed by atoms with Gasteiger partial charge in [-0.05, 0) is 26.7 Å². The monoisotopic (exact) mass is 203 g/mol. The molecular formula is C11H25NO2. The second-order valence-electron chi connectivity index (χ2n) is 4.12. The Morgan fingerprint density at radius 3 is 2.43 bits per heavy atom. The van der Waals surface area contributed by atoms with Crippen LogP contribution in [0, 0.1) is 0 Å². The number of rotatable bonds is 9. The minimum atomic E-state index is 0.232. The predicted octanol–water partition coefficient (Wildman–Crippen LogP) is 1.82. The maximum absolute atomic E-state index is 5.43. The standard InChI is InChI=1S/C11H25NO2/c1-5-11(2,3)12-7-10-14-9-6-8-13-4/h12H,5-10H2,1-4H3. The summed E-state index contributed by atoms with van der Waals surface area (Å²) in [5, 5.41) is 3.44. The average Bonchev–Trinajstić information content (AvgIpc) is 2.16. The summed E-state index contributed by atoms with van der Waals surface area (Å²) in [5.41, 5.74) is 0.232. The van der Waals surface area contributed by atoms with Gasteiger partial charge < -0.3 is 14.8 Å². The lowest BCUT2D eigenvalue weighted by molar-refractivity contribution is 0.101. The van der Waals surface area contributed by atoms with Gasteiger partial charge in [-0.3, -0.25) is 0 Å². The van der Waals surface area contributed by atoms with E-state index in [0.717, 1.165) is 39.2 Å². The van der Waals surface area contributed by atoms with E-state index < -0.39 is 0 Å². The third kappa shape index (κ3) is 8.48. The van der Waals surface area contributed by atoms with E-state index >= 15 is 0 Å². The van der Waals surface area contributed by atoms with Gasteiger partial charge in [-0.2, -0.15) is 0 Å². The van der Waals surface area contributed by atoms with Crippen LogP contribution >= 0.6 is 0 Å². The molecular weight excluding hydrogens is 178 g/mol. The zero-order valence-corrected chi connectivity index (χ0v) is 10.1. The molecule has 0 rings (SSSR count). The highest BCUT2D eigenvalue weighted by Gasteiger charge is 2.12. The molecule has 0 aromatic carbocycles. The SMILES string of the molecule is CCC(C)(C)NCCOCCCOC. The first kappa shape index (κ1) is 13.9. The molecule has 0 saturated carbocycles. The first-order valence-electron chi connectivity index (χ1n) is 5.44. The first-order valence-corrected chi connectivity index (χ1v) is 5.44. The number of methoxy groups -OCH3 is 1. The molecule has 0 aliphatic rings. The summed E-state index contributed by atoms with van der Waals surface area (Å²) in [5.74, 6) is 0. The van der Waals surface area contributed by atoms with Crippen molar-refractivity contribution in [1.29, 1.82) is 0 Å². The van der Waals surface area contributed by atoms with Gasteiger partial charge in [-0.15, -0.1) is 0 Å². The van der Waals surface area contributed by atoms with E-state index in [2.05, 4.69) is 26.1 Å². The number of nitrogens with one attached hydrogen (secondary N) is 1. The van der Waals surface area contributed by atoms with Gasteiger partial charge in [-0.1, -0.05) is 6.92 Å². The summed E-state index contributed by atoms with van der Waals surface area (Å²) >= 11 is 0. The Morgan fingerprint density at radius 1 is 1.14 bits per heavy atom. The van der Waals surface area contributed by atoms with Crippen LogP contribution in [0.15, 0.2) is 0 Å². The molecule has 0 saturated heterocycles. The molecule has 0 bridgehead atoms. The van der Waals surface area contributed by atoms with Gasteiger partial charge in [0.25, 0.3) is 0 Å². The molecule has 0 fully saturated rings. The van der Waals surface area contributed by atoms with E-state index in [0.29, 0.717) is 0 Å². The molecule has 0 radical (unpaired) electrons. The lowest BCUT2D eigenvalue weighted by Gasteiger charge is -2.24. The third-order valence-electron chi connectivity index (χ3n) is 2.37. The highest BCUT2D eigenvalue weighted by Crippen LogP contribution is 2.05. The van der Waals surface area contributed by atoms with Crippen molar-refractivity contribution in [2.45, 2.75) is 39.2 Å². The predicted molar refractivity (Wildman–Crippen MR) is 59.7 cm³/mol. The fourth-order valence-electron chi connectivity index (χ4n) is 0.994. The van der Waals surface area contributed by atoms with Crippen molar-refractivity contribution in [1.82, 2.24) is 5.32 Å². The quantitative estimate of drug-likeness (QED) is 0.580. The maximum Gasteiger partial charge on any atom is 0.0591 e. The fourth-order valence-corrected chi connectivity index (χ4v) is 0.994. The van der Waals surface area contributed by atoms with Crippen LogP contribution in [0.2, 0.25) is 0 Å². The summed E-state index contributed by atoms with van der Waals surface area (Å²) < 4.78 is 10.4. The Balaban J connectivity index is 3.13. The van der Waals surface area contributed by atoms with E-state index in [1.165, 1.54) is 0 Å². The average molecular weight is 203 g/mol. The van der Waals surface area contributed by atoms with Crippen LogP contribution in [0.5, 0.6) is 0 Å². The Labute approximate surface area is 88.2 Å². The van der Waals surface area contributed by atoms with Gasteiger partial charge >= 0.3 is 0 Å². The van der Waals surface area contributed by atoms with E-state index in [-0.39, 0.29) is 5.54 Å². The van der Waals surface area contributed by atoms with Gasteiger partial charge in [0.15, 0.2) is 0 Å². The maximum atomic E-state index is 5.43. The van der Waals surface area contributed by atoms with Crippen molar-refractivity contribution in [3.63, 3.8) is 0 Å². The molecule has 0 spiro atoms. The third-order valence-corrected chi connectivity index (χ3v) is 2.37. The largest absolute Gasteiger partial charge is 0.385 e. The summed E-state index contributed by atoms with van der Waals surface area (Å²) in [4.78, 5) is 0.